The highest BCUT2D eigenvalue weighted by Gasteiger charge is 2.48. The molecule has 9 rings (SSSR count). The average Bonchev–Trinajstić information content (AvgIpc) is 3.81. The SMILES string of the molecule is C=C1C2C(CCc3cc(C)c4c(oc5nc(C)cc(C)c54)c3-c3cc(CC4CCCC4)c(C(C)C)c[n+]31)c1ccccc1-c1cc(C(C)C)c([Si](C)(C)C)c[n+]12. The Kier molecular flexibility index (Phi) is 9.07. The third kappa shape index (κ3) is 5.94. The van der Waals surface area contributed by atoms with Crippen LogP contribution < -0.4 is 14.3 Å². The van der Waals surface area contributed by atoms with Crippen molar-refractivity contribution >= 4 is 41.0 Å². The van der Waals surface area contributed by atoms with Crippen molar-refractivity contribution < 1.29 is 13.6 Å². The van der Waals surface area contributed by atoms with Gasteiger partial charge in [-0.05, 0) is 110 Å². The Morgan fingerprint density at radius 2 is 1.55 bits per heavy atom. The highest BCUT2D eigenvalue weighted by molar-refractivity contribution is 6.89. The van der Waals surface area contributed by atoms with E-state index in [9.17, 15) is 0 Å². The number of furan rings is 1. The maximum absolute atomic E-state index is 7.04. The molecule has 1 fully saturated rings. The second-order valence-corrected chi connectivity index (χ2v) is 24.4. The molecule has 2 unspecified atom stereocenters. The summed E-state index contributed by atoms with van der Waals surface area (Å²) in [6.45, 7) is 28.8. The van der Waals surface area contributed by atoms with Crippen LogP contribution in [0.5, 0.6) is 0 Å². The maximum Gasteiger partial charge on any atom is 0.249 e. The highest BCUT2D eigenvalue weighted by Crippen LogP contribution is 2.48. The summed E-state index contributed by atoms with van der Waals surface area (Å²) in [4.78, 5) is 4.98. The van der Waals surface area contributed by atoms with Gasteiger partial charge in [0.15, 0.2) is 18.0 Å². The van der Waals surface area contributed by atoms with E-state index >= 15 is 0 Å². The largest absolute Gasteiger partial charge is 0.437 e. The van der Waals surface area contributed by atoms with Gasteiger partial charge in [0.1, 0.15) is 0 Å². The average molecular weight is 760 g/mol. The van der Waals surface area contributed by atoms with Gasteiger partial charge in [-0.25, -0.2) is 4.98 Å². The molecular formula is C51H61N3OSi+2. The minimum absolute atomic E-state index is 0.0498. The van der Waals surface area contributed by atoms with Crippen molar-refractivity contribution in [2.75, 3.05) is 0 Å². The first-order valence-corrected chi connectivity index (χ1v) is 25.0. The molecule has 0 spiro atoms. The summed E-state index contributed by atoms with van der Waals surface area (Å²) in [6, 6.07) is 19.1. The summed E-state index contributed by atoms with van der Waals surface area (Å²) in [6.07, 6.45) is 13.5. The van der Waals surface area contributed by atoms with Crippen LogP contribution in [0.2, 0.25) is 19.6 Å². The normalized spacial score (nSPS) is 18.5. The smallest absolute Gasteiger partial charge is 0.249 e. The number of nitrogens with zero attached hydrogens (tertiary/aromatic N) is 3. The van der Waals surface area contributed by atoms with Crippen molar-refractivity contribution in [1.82, 2.24) is 4.98 Å². The second kappa shape index (κ2) is 13.6. The van der Waals surface area contributed by atoms with Gasteiger partial charge >= 0.3 is 0 Å². The van der Waals surface area contributed by atoms with Gasteiger partial charge in [0, 0.05) is 39.5 Å². The summed E-state index contributed by atoms with van der Waals surface area (Å²) < 4.78 is 12.2. The molecule has 2 aliphatic heterocycles. The Hall–Kier alpha value is -4.35. The first-order valence-electron chi connectivity index (χ1n) is 21.5. The van der Waals surface area contributed by atoms with Crippen LogP contribution in [-0.2, 0) is 12.8 Å². The van der Waals surface area contributed by atoms with Gasteiger partial charge in [-0.1, -0.05) is 97.3 Å². The molecule has 2 aromatic carbocycles. The van der Waals surface area contributed by atoms with E-state index in [0.717, 1.165) is 53.3 Å². The monoisotopic (exact) mass is 759 g/mol. The fourth-order valence-electron chi connectivity index (χ4n) is 11.0. The van der Waals surface area contributed by atoms with E-state index in [4.69, 9.17) is 16.0 Å². The van der Waals surface area contributed by atoms with Crippen LogP contribution in [0.1, 0.15) is 128 Å². The Morgan fingerprint density at radius 3 is 2.27 bits per heavy atom. The third-order valence-corrected chi connectivity index (χ3v) is 15.7. The molecule has 288 valence electrons. The summed E-state index contributed by atoms with van der Waals surface area (Å²) in [7, 11) is -1.71. The zero-order valence-corrected chi connectivity index (χ0v) is 36.6. The number of pyridine rings is 3. The molecule has 1 aliphatic carbocycles. The van der Waals surface area contributed by atoms with Gasteiger partial charge in [-0.15, -0.1) is 0 Å². The van der Waals surface area contributed by atoms with Gasteiger partial charge in [0.25, 0.3) is 0 Å². The van der Waals surface area contributed by atoms with Crippen molar-refractivity contribution in [3.05, 3.63) is 112 Å². The lowest BCUT2D eigenvalue weighted by molar-refractivity contribution is -0.726. The molecule has 0 amide bonds. The molecule has 0 saturated heterocycles. The Bertz CT molecular complexity index is 2580. The molecule has 56 heavy (non-hydrogen) atoms. The van der Waals surface area contributed by atoms with Crippen molar-refractivity contribution in [2.24, 2.45) is 5.92 Å². The predicted molar refractivity (Wildman–Crippen MR) is 236 cm³/mol. The Balaban J connectivity index is 1.38. The fraction of sp³-hybridized carbons (Fsp3) is 0.431. The van der Waals surface area contributed by atoms with Crippen molar-refractivity contribution in [3.8, 4) is 22.5 Å². The molecule has 5 heteroatoms. The number of allylic oxidation sites excluding steroid dienone is 1. The molecule has 6 heterocycles. The molecule has 0 N–H and O–H groups in total. The van der Waals surface area contributed by atoms with Crippen LogP contribution in [0, 0.1) is 26.7 Å². The van der Waals surface area contributed by atoms with Gasteiger partial charge in [0.2, 0.25) is 28.8 Å². The number of benzene rings is 2. The molecule has 2 atom stereocenters. The zero-order chi connectivity index (χ0) is 39.4. The summed E-state index contributed by atoms with van der Waals surface area (Å²) in [5, 5.41) is 3.91. The van der Waals surface area contributed by atoms with Crippen LogP contribution in [0.15, 0.2) is 71.9 Å². The number of rotatable bonds is 5. The molecule has 4 aromatic heterocycles. The molecule has 3 aliphatic rings. The Morgan fingerprint density at radius 1 is 0.839 bits per heavy atom. The maximum atomic E-state index is 7.04. The van der Waals surface area contributed by atoms with Gasteiger partial charge in [-0.2, -0.15) is 9.13 Å². The Labute approximate surface area is 335 Å². The van der Waals surface area contributed by atoms with Crippen molar-refractivity contribution in [2.45, 2.75) is 137 Å². The van der Waals surface area contributed by atoms with E-state index in [1.54, 1.807) is 5.19 Å². The summed E-state index contributed by atoms with van der Waals surface area (Å²) in [5.74, 6) is 1.83. The highest BCUT2D eigenvalue weighted by atomic mass is 28.3. The lowest BCUT2D eigenvalue weighted by Crippen LogP contribution is -2.57. The minimum Gasteiger partial charge on any atom is -0.437 e. The van der Waals surface area contributed by atoms with Gasteiger partial charge in [-0.3, -0.25) is 0 Å². The van der Waals surface area contributed by atoms with E-state index in [1.165, 1.54) is 92.5 Å². The van der Waals surface area contributed by atoms with Crippen LogP contribution in [0.4, 0.5) is 0 Å². The summed E-state index contributed by atoms with van der Waals surface area (Å²) in [5.41, 5.74) is 18.7. The van der Waals surface area contributed by atoms with Crippen LogP contribution in [0.3, 0.4) is 0 Å². The number of fused-ring (bicyclic) bond motifs is 13. The van der Waals surface area contributed by atoms with Crippen molar-refractivity contribution in [1.29, 1.82) is 0 Å². The number of hydrogen-bond acceptors (Lipinski definition) is 2. The standard InChI is InChI=1S/C51H61N3OSi/c1-29(2)41-26-43-39-19-15-14-18-38(39)40-21-20-36-23-32(6)46-47-31(5)22-33(7)52-51(47)55-50(46)48(36)44-25-37(24-35-16-12-13-17-35)42(30(3)4)27-53(44)34(8)49(40)54(43)28-45(41)56(9,10)11/h14-15,18-19,22-23,25-30,35,40,49H,8,12-13,16-17,20-21,24H2,1-7,9-11H3/q+2. The number of aromatic nitrogens is 3. The first kappa shape index (κ1) is 37.2. The van der Waals surface area contributed by atoms with Crippen LogP contribution >= 0.6 is 0 Å². The molecule has 1 saturated carbocycles. The minimum atomic E-state index is -1.71. The second-order valence-electron chi connectivity index (χ2n) is 19.3. The molecular weight excluding hydrogens is 699 g/mol. The predicted octanol–water partition coefficient (Wildman–Crippen LogP) is 12.1. The van der Waals surface area contributed by atoms with Gasteiger partial charge in [0.05, 0.1) is 24.9 Å². The molecule has 0 bridgehead atoms. The third-order valence-electron chi connectivity index (χ3n) is 13.7. The summed E-state index contributed by atoms with van der Waals surface area (Å²) >= 11 is 0. The van der Waals surface area contributed by atoms with Crippen LogP contribution in [0.25, 0.3) is 50.3 Å². The van der Waals surface area contributed by atoms with E-state index in [2.05, 4.69) is 138 Å². The first-order chi connectivity index (χ1) is 26.7. The van der Waals surface area contributed by atoms with E-state index < -0.39 is 8.07 Å². The van der Waals surface area contributed by atoms with E-state index in [1.807, 2.05) is 0 Å². The zero-order valence-electron chi connectivity index (χ0n) is 35.6. The number of hydrogen-bond donors (Lipinski definition) is 0. The lowest BCUT2D eigenvalue weighted by Gasteiger charge is -2.32. The quantitative estimate of drug-likeness (QED) is 0.130. The van der Waals surface area contributed by atoms with E-state index in [0.29, 0.717) is 11.8 Å². The lowest BCUT2D eigenvalue weighted by atomic mass is 9.78. The molecule has 0 radical (unpaired) electrons. The molecule has 4 nitrogen and oxygen atoms in total. The number of aryl methyl sites for hydroxylation is 4. The molecule has 6 aromatic rings. The fourth-order valence-corrected chi connectivity index (χ4v) is 12.7. The van der Waals surface area contributed by atoms with E-state index in [-0.39, 0.29) is 12.0 Å². The van der Waals surface area contributed by atoms with Gasteiger partial charge < -0.3 is 4.42 Å². The van der Waals surface area contributed by atoms with Crippen LogP contribution in [-0.4, -0.2) is 13.1 Å². The van der Waals surface area contributed by atoms with Crippen molar-refractivity contribution in [3.63, 3.8) is 0 Å². The topological polar surface area (TPSA) is 33.8 Å².